The quantitative estimate of drug-likeness (QED) is 0.739. The van der Waals surface area contributed by atoms with Crippen LogP contribution in [-0.2, 0) is 6.54 Å². The molecule has 2 aromatic carbocycles. The Labute approximate surface area is 136 Å². The molecule has 1 atom stereocenters. The van der Waals surface area contributed by atoms with Gasteiger partial charge >= 0.3 is 0 Å². The SMILES string of the molecule is Cc1cccc(-n2cnnc2[C@H]2CCN2Cc2ccccc2)c1. The van der Waals surface area contributed by atoms with Crippen molar-refractivity contribution < 1.29 is 0 Å². The van der Waals surface area contributed by atoms with Crippen molar-refractivity contribution in [1.29, 1.82) is 0 Å². The highest BCUT2D eigenvalue weighted by Gasteiger charge is 2.33. The van der Waals surface area contributed by atoms with Crippen LogP contribution in [0.4, 0.5) is 0 Å². The second-order valence-electron chi connectivity index (χ2n) is 6.16. The molecule has 0 spiro atoms. The van der Waals surface area contributed by atoms with Gasteiger partial charge in [0, 0.05) is 18.8 Å². The number of benzene rings is 2. The summed E-state index contributed by atoms with van der Waals surface area (Å²) >= 11 is 0. The van der Waals surface area contributed by atoms with E-state index >= 15 is 0 Å². The van der Waals surface area contributed by atoms with Gasteiger partial charge in [-0.15, -0.1) is 10.2 Å². The normalized spacial score (nSPS) is 17.9. The topological polar surface area (TPSA) is 34.0 Å². The Hall–Kier alpha value is -2.46. The summed E-state index contributed by atoms with van der Waals surface area (Å²) in [7, 11) is 0. The van der Waals surface area contributed by atoms with Gasteiger partial charge in [-0.05, 0) is 36.6 Å². The van der Waals surface area contributed by atoms with Crippen LogP contribution in [0, 0.1) is 6.92 Å². The third kappa shape index (κ3) is 2.78. The molecule has 23 heavy (non-hydrogen) atoms. The number of aryl methyl sites for hydroxylation is 1. The summed E-state index contributed by atoms with van der Waals surface area (Å²) in [4.78, 5) is 2.46. The van der Waals surface area contributed by atoms with Gasteiger partial charge in [-0.1, -0.05) is 42.5 Å². The van der Waals surface area contributed by atoms with Crippen LogP contribution in [0.5, 0.6) is 0 Å². The Bertz CT molecular complexity index is 794. The van der Waals surface area contributed by atoms with Crippen molar-refractivity contribution in [2.45, 2.75) is 25.9 Å². The smallest absolute Gasteiger partial charge is 0.154 e. The van der Waals surface area contributed by atoms with Gasteiger partial charge < -0.3 is 0 Å². The lowest BCUT2D eigenvalue weighted by molar-refractivity contribution is 0.0739. The summed E-state index contributed by atoms with van der Waals surface area (Å²) in [5.41, 5.74) is 3.73. The molecule has 0 saturated carbocycles. The molecule has 1 aliphatic heterocycles. The van der Waals surface area contributed by atoms with Gasteiger partial charge in [-0.25, -0.2) is 0 Å². The fourth-order valence-corrected chi connectivity index (χ4v) is 3.19. The summed E-state index contributed by atoms with van der Waals surface area (Å²) in [6.45, 7) is 4.19. The summed E-state index contributed by atoms with van der Waals surface area (Å²) in [5, 5.41) is 8.57. The van der Waals surface area contributed by atoms with Gasteiger partial charge in [-0.3, -0.25) is 9.47 Å². The van der Waals surface area contributed by atoms with E-state index in [-0.39, 0.29) is 0 Å². The molecule has 1 aromatic heterocycles. The summed E-state index contributed by atoms with van der Waals surface area (Å²) in [6.07, 6.45) is 2.96. The van der Waals surface area contributed by atoms with Gasteiger partial charge in [0.05, 0.1) is 6.04 Å². The Morgan fingerprint density at radius 3 is 2.70 bits per heavy atom. The molecule has 2 heterocycles. The number of hydrogen-bond acceptors (Lipinski definition) is 3. The van der Waals surface area contributed by atoms with E-state index in [4.69, 9.17) is 0 Å². The lowest BCUT2D eigenvalue weighted by Crippen LogP contribution is -2.41. The van der Waals surface area contributed by atoms with Crippen molar-refractivity contribution in [1.82, 2.24) is 19.7 Å². The zero-order valence-corrected chi connectivity index (χ0v) is 13.3. The van der Waals surface area contributed by atoms with Gasteiger partial charge in [0.25, 0.3) is 0 Å². The maximum Gasteiger partial charge on any atom is 0.154 e. The highest BCUT2D eigenvalue weighted by atomic mass is 15.3. The Kier molecular flexibility index (Phi) is 3.67. The second kappa shape index (κ2) is 5.97. The van der Waals surface area contributed by atoms with E-state index in [0.717, 1.165) is 31.0 Å². The van der Waals surface area contributed by atoms with E-state index < -0.39 is 0 Å². The van der Waals surface area contributed by atoms with Crippen LogP contribution < -0.4 is 0 Å². The molecular weight excluding hydrogens is 284 g/mol. The molecule has 0 N–H and O–H groups in total. The van der Waals surface area contributed by atoms with Crippen LogP contribution in [0.15, 0.2) is 60.9 Å². The largest absolute Gasteiger partial charge is 0.289 e. The molecule has 4 nitrogen and oxygen atoms in total. The zero-order chi connectivity index (χ0) is 15.6. The number of nitrogens with zero attached hydrogens (tertiary/aromatic N) is 4. The molecule has 4 rings (SSSR count). The highest BCUT2D eigenvalue weighted by Crippen LogP contribution is 2.34. The molecule has 0 radical (unpaired) electrons. The molecule has 1 aliphatic rings. The summed E-state index contributed by atoms with van der Waals surface area (Å²) in [6, 6.07) is 19.4. The monoisotopic (exact) mass is 304 g/mol. The van der Waals surface area contributed by atoms with E-state index in [2.05, 4.69) is 81.2 Å². The first-order valence-electron chi connectivity index (χ1n) is 8.06. The third-order valence-corrected chi connectivity index (χ3v) is 4.51. The van der Waals surface area contributed by atoms with E-state index in [1.165, 1.54) is 11.1 Å². The summed E-state index contributed by atoms with van der Waals surface area (Å²) in [5.74, 6) is 1.04. The predicted octanol–water partition coefficient (Wildman–Crippen LogP) is 3.52. The molecule has 0 amide bonds. The van der Waals surface area contributed by atoms with Crippen LogP contribution in [-0.4, -0.2) is 26.2 Å². The Balaban J connectivity index is 1.58. The zero-order valence-electron chi connectivity index (χ0n) is 13.3. The maximum absolute atomic E-state index is 4.41. The molecule has 116 valence electrons. The van der Waals surface area contributed by atoms with Crippen LogP contribution in [0.3, 0.4) is 0 Å². The number of rotatable bonds is 4. The van der Waals surface area contributed by atoms with Crippen LogP contribution >= 0.6 is 0 Å². The molecule has 0 aliphatic carbocycles. The highest BCUT2D eigenvalue weighted by molar-refractivity contribution is 5.36. The van der Waals surface area contributed by atoms with Crippen molar-refractivity contribution >= 4 is 0 Å². The van der Waals surface area contributed by atoms with E-state index in [1.807, 2.05) is 6.33 Å². The molecule has 1 fully saturated rings. The molecule has 0 unspecified atom stereocenters. The van der Waals surface area contributed by atoms with Gasteiger partial charge in [0.1, 0.15) is 6.33 Å². The van der Waals surface area contributed by atoms with Crippen LogP contribution in [0.2, 0.25) is 0 Å². The number of aromatic nitrogens is 3. The second-order valence-corrected chi connectivity index (χ2v) is 6.16. The first kappa shape index (κ1) is 14.2. The van der Waals surface area contributed by atoms with E-state index in [9.17, 15) is 0 Å². The van der Waals surface area contributed by atoms with Gasteiger partial charge in [0.2, 0.25) is 0 Å². The van der Waals surface area contributed by atoms with Gasteiger partial charge in [-0.2, -0.15) is 0 Å². The number of likely N-dealkylation sites (tertiary alicyclic amines) is 1. The number of hydrogen-bond donors (Lipinski definition) is 0. The van der Waals surface area contributed by atoms with Crippen molar-refractivity contribution in [2.75, 3.05) is 6.54 Å². The lowest BCUT2D eigenvalue weighted by Gasteiger charge is -2.40. The first-order valence-corrected chi connectivity index (χ1v) is 8.06. The van der Waals surface area contributed by atoms with Crippen molar-refractivity contribution in [3.8, 4) is 5.69 Å². The lowest BCUT2D eigenvalue weighted by atomic mass is 10.0. The fraction of sp³-hybridized carbons (Fsp3) is 0.263. The molecule has 4 heteroatoms. The van der Waals surface area contributed by atoms with Crippen LogP contribution in [0.1, 0.15) is 29.4 Å². The minimum Gasteiger partial charge on any atom is -0.289 e. The van der Waals surface area contributed by atoms with Gasteiger partial charge in [0.15, 0.2) is 5.82 Å². The fourth-order valence-electron chi connectivity index (χ4n) is 3.19. The Morgan fingerprint density at radius 1 is 1.09 bits per heavy atom. The van der Waals surface area contributed by atoms with Crippen molar-refractivity contribution in [3.05, 3.63) is 77.9 Å². The molecule has 1 saturated heterocycles. The van der Waals surface area contributed by atoms with E-state index in [1.54, 1.807) is 0 Å². The Morgan fingerprint density at radius 2 is 1.96 bits per heavy atom. The molecular formula is C19H20N4. The molecule has 3 aromatic rings. The first-order chi connectivity index (χ1) is 11.3. The third-order valence-electron chi connectivity index (χ3n) is 4.51. The summed E-state index contributed by atoms with van der Waals surface area (Å²) < 4.78 is 2.12. The van der Waals surface area contributed by atoms with E-state index in [0.29, 0.717) is 6.04 Å². The molecule has 0 bridgehead atoms. The predicted molar refractivity (Wildman–Crippen MR) is 90.3 cm³/mol. The van der Waals surface area contributed by atoms with Crippen LogP contribution in [0.25, 0.3) is 5.69 Å². The minimum absolute atomic E-state index is 0.346. The van der Waals surface area contributed by atoms with Crippen molar-refractivity contribution in [3.63, 3.8) is 0 Å². The maximum atomic E-state index is 4.41. The average Bonchev–Trinajstić information content (AvgIpc) is 3.01. The minimum atomic E-state index is 0.346. The standard InChI is InChI=1S/C19H20N4/c1-15-6-5-9-17(12-15)23-14-20-21-19(23)18-10-11-22(18)13-16-7-3-2-4-8-16/h2-9,12,14,18H,10-11,13H2,1H3/t18-/m1/s1. The average molecular weight is 304 g/mol. The van der Waals surface area contributed by atoms with Crippen molar-refractivity contribution in [2.24, 2.45) is 0 Å².